The highest BCUT2D eigenvalue weighted by atomic mass is 32.2. The Morgan fingerprint density at radius 1 is 1.53 bits per heavy atom. The number of nitrogen functional groups attached to an aromatic ring is 1. The molecule has 92 valence electrons. The monoisotopic (exact) mass is 251 g/mol. The Hall–Kier alpha value is -1.36. The van der Waals surface area contributed by atoms with Crippen LogP contribution >= 0.6 is 11.8 Å². The van der Waals surface area contributed by atoms with Gasteiger partial charge in [-0.25, -0.2) is 4.79 Å². The van der Waals surface area contributed by atoms with Crippen LogP contribution in [0.2, 0.25) is 0 Å². The first-order valence-electron chi connectivity index (χ1n) is 5.68. The Morgan fingerprint density at radius 2 is 2.29 bits per heavy atom. The van der Waals surface area contributed by atoms with Crippen molar-refractivity contribution in [3.8, 4) is 0 Å². The summed E-state index contributed by atoms with van der Waals surface area (Å²) in [5, 5.41) is 2.91. The Bertz CT molecular complexity index is 434. The van der Waals surface area contributed by atoms with Crippen molar-refractivity contribution in [2.24, 2.45) is 0 Å². The maximum absolute atomic E-state index is 12.0. The predicted molar refractivity (Wildman–Crippen MR) is 72.6 cm³/mol. The maximum atomic E-state index is 12.0. The lowest BCUT2D eigenvalue weighted by molar-refractivity contribution is 0.244. The van der Waals surface area contributed by atoms with E-state index in [1.54, 1.807) is 16.7 Å². The fourth-order valence-electron chi connectivity index (χ4n) is 1.77. The first-order chi connectivity index (χ1) is 8.08. The fourth-order valence-corrected chi connectivity index (χ4v) is 2.75. The van der Waals surface area contributed by atoms with E-state index >= 15 is 0 Å². The molecule has 0 saturated heterocycles. The lowest BCUT2D eigenvalue weighted by Crippen LogP contribution is -2.45. The predicted octanol–water partition coefficient (Wildman–Crippen LogP) is 2.30. The Balaban J connectivity index is 2.27. The van der Waals surface area contributed by atoms with Crippen LogP contribution in [-0.4, -0.2) is 24.4 Å². The molecule has 0 radical (unpaired) electrons. The van der Waals surface area contributed by atoms with Gasteiger partial charge in [-0.05, 0) is 32.0 Å². The number of benzene rings is 1. The van der Waals surface area contributed by atoms with Gasteiger partial charge in [-0.3, -0.25) is 4.90 Å². The van der Waals surface area contributed by atoms with Gasteiger partial charge in [0.2, 0.25) is 0 Å². The molecule has 0 bridgehead atoms. The van der Waals surface area contributed by atoms with Gasteiger partial charge < -0.3 is 11.1 Å². The number of carbonyl (C=O) groups excluding carboxylic acids is 1. The van der Waals surface area contributed by atoms with Crippen LogP contribution in [0, 0.1) is 0 Å². The minimum absolute atomic E-state index is 0.0489. The summed E-state index contributed by atoms with van der Waals surface area (Å²) < 4.78 is 0. The van der Waals surface area contributed by atoms with Crippen LogP contribution in [0.5, 0.6) is 0 Å². The van der Waals surface area contributed by atoms with Crippen LogP contribution in [0.15, 0.2) is 23.1 Å². The summed E-state index contributed by atoms with van der Waals surface area (Å²) in [5.74, 6) is 0.919. The van der Waals surface area contributed by atoms with Gasteiger partial charge in [0.15, 0.2) is 0 Å². The van der Waals surface area contributed by atoms with E-state index in [4.69, 9.17) is 5.73 Å². The normalized spacial score (nSPS) is 14.6. The van der Waals surface area contributed by atoms with Gasteiger partial charge in [0.25, 0.3) is 0 Å². The van der Waals surface area contributed by atoms with E-state index in [2.05, 4.69) is 5.32 Å². The Kier molecular flexibility index (Phi) is 3.47. The molecule has 1 aromatic carbocycles. The minimum Gasteiger partial charge on any atom is -0.399 e. The molecule has 17 heavy (non-hydrogen) atoms. The van der Waals surface area contributed by atoms with Crippen LogP contribution in [0.4, 0.5) is 16.2 Å². The van der Waals surface area contributed by atoms with Gasteiger partial charge in [0, 0.05) is 28.9 Å². The lowest BCUT2D eigenvalue weighted by Gasteiger charge is -2.30. The molecule has 1 aliphatic rings. The number of nitrogens with zero attached hydrogens (tertiary/aromatic N) is 1. The van der Waals surface area contributed by atoms with Crippen LogP contribution in [0.1, 0.15) is 13.8 Å². The molecule has 0 spiro atoms. The molecule has 0 fully saturated rings. The second-order valence-corrected chi connectivity index (χ2v) is 5.47. The molecule has 1 aliphatic heterocycles. The number of rotatable bonds is 1. The topological polar surface area (TPSA) is 58.4 Å². The summed E-state index contributed by atoms with van der Waals surface area (Å²) in [7, 11) is 0. The van der Waals surface area contributed by atoms with Gasteiger partial charge in [-0.2, -0.15) is 0 Å². The molecule has 4 nitrogen and oxygen atoms in total. The minimum atomic E-state index is -0.0489. The van der Waals surface area contributed by atoms with E-state index in [0.717, 1.165) is 22.9 Å². The highest BCUT2D eigenvalue weighted by molar-refractivity contribution is 7.99. The second kappa shape index (κ2) is 4.87. The molecule has 0 saturated carbocycles. The van der Waals surface area contributed by atoms with E-state index < -0.39 is 0 Å². The number of thioether (sulfide) groups is 1. The number of hydrogen-bond donors (Lipinski definition) is 2. The maximum Gasteiger partial charge on any atom is 0.322 e. The Morgan fingerprint density at radius 3 is 3.00 bits per heavy atom. The molecule has 2 rings (SSSR count). The van der Waals surface area contributed by atoms with Crippen molar-refractivity contribution in [3.05, 3.63) is 18.2 Å². The van der Waals surface area contributed by atoms with Gasteiger partial charge in [-0.15, -0.1) is 11.8 Å². The molecular weight excluding hydrogens is 234 g/mol. The smallest absolute Gasteiger partial charge is 0.322 e. The van der Waals surface area contributed by atoms with Gasteiger partial charge in [-0.1, -0.05) is 0 Å². The van der Waals surface area contributed by atoms with Crippen molar-refractivity contribution in [1.82, 2.24) is 5.32 Å². The summed E-state index contributed by atoms with van der Waals surface area (Å²) in [6.07, 6.45) is 0. The van der Waals surface area contributed by atoms with Crippen molar-refractivity contribution in [2.45, 2.75) is 24.8 Å². The molecule has 0 aliphatic carbocycles. The van der Waals surface area contributed by atoms with E-state index in [-0.39, 0.29) is 12.1 Å². The van der Waals surface area contributed by atoms with Crippen LogP contribution in [-0.2, 0) is 0 Å². The number of urea groups is 1. The zero-order valence-electron chi connectivity index (χ0n) is 10.1. The molecular formula is C12H17N3OS. The number of hydrogen-bond acceptors (Lipinski definition) is 3. The molecule has 0 aromatic heterocycles. The van der Waals surface area contributed by atoms with E-state index in [9.17, 15) is 4.79 Å². The van der Waals surface area contributed by atoms with Gasteiger partial charge in [0.05, 0.1) is 5.69 Å². The van der Waals surface area contributed by atoms with Crippen LogP contribution in [0.3, 0.4) is 0 Å². The summed E-state index contributed by atoms with van der Waals surface area (Å²) in [4.78, 5) is 14.9. The third-order valence-corrected chi connectivity index (χ3v) is 3.55. The quantitative estimate of drug-likeness (QED) is 0.753. The Labute approximate surface area is 106 Å². The molecule has 1 heterocycles. The molecule has 2 amide bonds. The SMILES string of the molecule is CC(C)NC(=O)N1CCSc2ccc(N)cc21. The molecule has 0 atom stereocenters. The number of nitrogens with two attached hydrogens (primary N) is 1. The number of anilines is 2. The van der Waals surface area contributed by atoms with Crippen molar-refractivity contribution in [2.75, 3.05) is 22.9 Å². The lowest BCUT2D eigenvalue weighted by atomic mass is 10.2. The summed E-state index contributed by atoms with van der Waals surface area (Å²) in [5.41, 5.74) is 7.38. The average molecular weight is 251 g/mol. The van der Waals surface area contributed by atoms with E-state index in [1.807, 2.05) is 32.0 Å². The fraction of sp³-hybridized carbons (Fsp3) is 0.417. The molecule has 1 aromatic rings. The zero-order valence-corrected chi connectivity index (χ0v) is 10.9. The largest absolute Gasteiger partial charge is 0.399 e. The zero-order chi connectivity index (χ0) is 12.4. The molecule has 5 heteroatoms. The van der Waals surface area contributed by atoms with Crippen molar-refractivity contribution in [1.29, 1.82) is 0 Å². The number of carbonyl (C=O) groups is 1. The third-order valence-electron chi connectivity index (χ3n) is 2.50. The standard InChI is InChI=1S/C12H17N3OS/c1-8(2)14-12(16)15-5-6-17-11-4-3-9(13)7-10(11)15/h3-4,7-8H,5-6,13H2,1-2H3,(H,14,16). The second-order valence-electron chi connectivity index (χ2n) is 4.33. The molecule has 0 unspecified atom stereocenters. The van der Waals surface area contributed by atoms with Crippen molar-refractivity contribution in [3.63, 3.8) is 0 Å². The molecule has 3 N–H and O–H groups in total. The highest BCUT2D eigenvalue weighted by Gasteiger charge is 2.23. The highest BCUT2D eigenvalue weighted by Crippen LogP contribution is 2.35. The number of nitrogens with one attached hydrogen (secondary N) is 1. The number of amides is 2. The van der Waals surface area contributed by atoms with Crippen molar-refractivity contribution >= 4 is 29.2 Å². The third kappa shape index (κ3) is 2.66. The van der Waals surface area contributed by atoms with Crippen LogP contribution in [0.25, 0.3) is 0 Å². The first kappa shape index (κ1) is 12.1. The van der Waals surface area contributed by atoms with Gasteiger partial charge in [0.1, 0.15) is 0 Å². The summed E-state index contributed by atoms with van der Waals surface area (Å²) >= 11 is 1.76. The number of fused-ring (bicyclic) bond motifs is 1. The first-order valence-corrected chi connectivity index (χ1v) is 6.67. The van der Waals surface area contributed by atoms with Gasteiger partial charge >= 0.3 is 6.03 Å². The van der Waals surface area contributed by atoms with E-state index in [1.165, 1.54) is 0 Å². The van der Waals surface area contributed by atoms with Crippen LogP contribution < -0.4 is 16.0 Å². The summed E-state index contributed by atoms with van der Waals surface area (Å²) in [6.45, 7) is 4.63. The average Bonchev–Trinajstić information content (AvgIpc) is 2.27. The summed E-state index contributed by atoms with van der Waals surface area (Å²) in [6, 6.07) is 5.80. The van der Waals surface area contributed by atoms with Crippen molar-refractivity contribution < 1.29 is 4.79 Å². The van der Waals surface area contributed by atoms with E-state index in [0.29, 0.717) is 5.69 Å².